The van der Waals surface area contributed by atoms with Gasteiger partial charge in [0.25, 0.3) is 0 Å². The Balaban J connectivity index is 2.27. The second-order valence-electron chi connectivity index (χ2n) is 5.00. The number of benzene rings is 1. The Morgan fingerprint density at radius 2 is 2.00 bits per heavy atom. The molecule has 2 aromatic rings. The summed E-state index contributed by atoms with van der Waals surface area (Å²) in [5, 5.41) is 17.4. The Kier molecular flexibility index (Phi) is 6.90. The molecule has 1 heterocycles. The molecule has 0 saturated carbocycles. The second-order valence-corrected chi connectivity index (χ2v) is 5.00. The number of methoxy groups -OCH3 is 1. The van der Waals surface area contributed by atoms with Crippen LogP contribution in [0.2, 0.25) is 0 Å². The lowest BCUT2D eigenvalue weighted by atomic mass is 10.3. The minimum absolute atomic E-state index is 0.0985. The van der Waals surface area contributed by atoms with Crippen LogP contribution in [0.1, 0.15) is 13.3 Å². The van der Waals surface area contributed by atoms with Crippen molar-refractivity contribution in [3.05, 3.63) is 40.7 Å². The molecule has 0 fully saturated rings. The summed E-state index contributed by atoms with van der Waals surface area (Å²) in [5.41, 5.74) is 0.378. The maximum Gasteiger partial charge on any atom is 0.353 e. The standard InChI is InChI=1S/C16H21N5O4/c1-3-25-13-8-5-4-7-12(13)20-16-14(21(22)23)15(18-11-19-16)17-9-6-10-24-2/h4-5,7-8,11H,3,6,9-10H2,1-2H3,(H2,17,18,19,20). The van der Waals surface area contributed by atoms with Crippen LogP contribution < -0.4 is 15.4 Å². The van der Waals surface area contributed by atoms with E-state index in [4.69, 9.17) is 9.47 Å². The molecule has 9 nitrogen and oxygen atoms in total. The fourth-order valence-corrected chi connectivity index (χ4v) is 2.17. The van der Waals surface area contributed by atoms with Crippen LogP contribution >= 0.6 is 0 Å². The zero-order chi connectivity index (χ0) is 18.1. The average molecular weight is 347 g/mol. The molecular formula is C16H21N5O4. The van der Waals surface area contributed by atoms with Gasteiger partial charge in [-0.25, -0.2) is 9.97 Å². The van der Waals surface area contributed by atoms with Crippen LogP contribution in [0.25, 0.3) is 0 Å². The van der Waals surface area contributed by atoms with Crippen molar-refractivity contribution >= 4 is 23.0 Å². The van der Waals surface area contributed by atoms with Gasteiger partial charge >= 0.3 is 5.69 Å². The Morgan fingerprint density at radius 3 is 2.72 bits per heavy atom. The third-order valence-corrected chi connectivity index (χ3v) is 3.26. The van der Waals surface area contributed by atoms with Crippen LogP contribution in [0.15, 0.2) is 30.6 Å². The minimum Gasteiger partial charge on any atom is -0.492 e. The van der Waals surface area contributed by atoms with Gasteiger partial charge in [0.1, 0.15) is 12.1 Å². The molecule has 2 rings (SSSR count). The molecule has 2 N–H and O–H groups in total. The first kappa shape index (κ1) is 18.4. The number of para-hydroxylation sites is 2. The number of nitro groups is 1. The molecule has 0 atom stereocenters. The second kappa shape index (κ2) is 9.38. The highest BCUT2D eigenvalue weighted by atomic mass is 16.6. The van der Waals surface area contributed by atoms with Gasteiger partial charge in [0, 0.05) is 20.3 Å². The molecule has 0 bridgehead atoms. The van der Waals surface area contributed by atoms with E-state index in [1.807, 2.05) is 19.1 Å². The Morgan fingerprint density at radius 1 is 1.24 bits per heavy atom. The largest absolute Gasteiger partial charge is 0.492 e. The fraction of sp³-hybridized carbons (Fsp3) is 0.375. The summed E-state index contributed by atoms with van der Waals surface area (Å²) >= 11 is 0. The van der Waals surface area contributed by atoms with Gasteiger partial charge in [0.05, 0.1) is 17.2 Å². The number of anilines is 3. The van der Waals surface area contributed by atoms with Gasteiger partial charge in [-0.05, 0) is 25.5 Å². The molecule has 0 saturated heterocycles. The summed E-state index contributed by atoms with van der Waals surface area (Å²) in [6.45, 7) is 3.40. The number of nitrogens with one attached hydrogen (secondary N) is 2. The highest BCUT2D eigenvalue weighted by Crippen LogP contribution is 2.34. The SMILES string of the molecule is CCOc1ccccc1Nc1ncnc(NCCCOC)c1[N+](=O)[O-]. The number of ether oxygens (including phenoxy) is 2. The van der Waals surface area contributed by atoms with Gasteiger partial charge in [-0.1, -0.05) is 12.1 Å². The van der Waals surface area contributed by atoms with Crippen molar-refractivity contribution in [3.63, 3.8) is 0 Å². The molecule has 0 unspecified atom stereocenters. The van der Waals surface area contributed by atoms with Crippen LogP contribution in [0.5, 0.6) is 5.75 Å². The summed E-state index contributed by atoms with van der Waals surface area (Å²) in [5.74, 6) is 0.849. The van der Waals surface area contributed by atoms with E-state index in [2.05, 4.69) is 20.6 Å². The van der Waals surface area contributed by atoms with Crippen LogP contribution in [0.4, 0.5) is 23.0 Å². The van der Waals surface area contributed by atoms with E-state index in [9.17, 15) is 10.1 Å². The number of hydrogen-bond acceptors (Lipinski definition) is 8. The maximum absolute atomic E-state index is 11.5. The van der Waals surface area contributed by atoms with Gasteiger partial charge in [-0.2, -0.15) is 0 Å². The zero-order valence-corrected chi connectivity index (χ0v) is 14.2. The van der Waals surface area contributed by atoms with Crippen LogP contribution in [0, 0.1) is 10.1 Å². The molecular weight excluding hydrogens is 326 g/mol. The summed E-state index contributed by atoms with van der Waals surface area (Å²) < 4.78 is 10.5. The molecule has 1 aromatic heterocycles. The highest BCUT2D eigenvalue weighted by molar-refractivity contribution is 5.75. The molecule has 9 heteroatoms. The molecule has 0 amide bonds. The normalized spacial score (nSPS) is 10.3. The van der Waals surface area contributed by atoms with E-state index in [1.165, 1.54) is 6.33 Å². The van der Waals surface area contributed by atoms with Crippen molar-refractivity contribution in [2.24, 2.45) is 0 Å². The quantitative estimate of drug-likeness (QED) is 0.383. The average Bonchev–Trinajstić information content (AvgIpc) is 2.60. The van der Waals surface area contributed by atoms with Crippen molar-refractivity contribution in [1.82, 2.24) is 9.97 Å². The lowest BCUT2D eigenvalue weighted by molar-refractivity contribution is -0.383. The summed E-state index contributed by atoms with van der Waals surface area (Å²) in [4.78, 5) is 19.0. The molecule has 0 aliphatic carbocycles. The summed E-state index contributed by atoms with van der Waals surface area (Å²) in [7, 11) is 1.60. The van der Waals surface area contributed by atoms with Gasteiger partial charge in [-0.15, -0.1) is 0 Å². The number of hydrogen-bond donors (Lipinski definition) is 2. The Hall–Kier alpha value is -2.94. The van der Waals surface area contributed by atoms with E-state index < -0.39 is 4.92 Å². The maximum atomic E-state index is 11.5. The molecule has 25 heavy (non-hydrogen) atoms. The minimum atomic E-state index is -0.510. The third-order valence-electron chi connectivity index (χ3n) is 3.26. The smallest absolute Gasteiger partial charge is 0.353 e. The van der Waals surface area contributed by atoms with Crippen LogP contribution in [-0.2, 0) is 4.74 Å². The summed E-state index contributed by atoms with van der Waals surface area (Å²) in [6, 6.07) is 7.18. The van der Waals surface area contributed by atoms with Crippen molar-refractivity contribution in [2.45, 2.75) is 13.3 Å². The van der Waals surface area contributed by atoms with Gasteiger partial charge in [-0.3, -0.25) is 10.1 Å². The molecule has 0 aliphatic heterocycles. The van der Waals surface area contributed by atoms with Crippen molar-refractivity contribution in [3.8, 4) is 5.75 Å². The van der Waals surface area contributed by atoms with E-state index in [0.29, 0.717) is 37.6 Å². The first-order chi connectivity index (χ1) is 12.2. The fourth-order valence-electron chi connectivity index (χ4n) is 2.17. The molecule has 1 aromatic carbocycles. The zero-order valence-electron chi connectivity index (χ0n) is 14.2. The summed E-state index contributed by atoms with van der Waals surface area (Å²) in [6.07, 6.45) is 1.98. The first-order valence-corrected chi connectivity index (χ1v) is 7.88. The van der Waals surface area contributed by atoms with Crippen molar-refractivity contribution < 1.29 is 14.4 Å². The van der Waals surface area contributed by atoms with E-state index in [-0.39, 0.29) is 17.3 Å². The number of aromatic nitrogens is 2. The predicted octanol–water partition coefficient (Wildman–Crippen LogP) is 2.98. The van der Waals surface area contributed by atoms with Gasteiger partial charge in [0.2, 0.25) is 11.6 Å². The molecule has 134 valence electrons. The van der Waals surface area contributed by atoms with Crippen LogP contribution in [-0.4, -0.2) is 41.8 Å². The lowest BCUT2D eigenvalue weighted by Gasteiger charge is -2.13. The predicted molar refractivity (Wildman–Crippen MR) is 94.6 cm³/mol. The van der Waals surface area contributed by atoms with E-state index >= 15 is 0 Å². The topological polar surface area (TPSA) is 111 Å². The van der Waals surface area contributed by atoms with Crippen molar-refractivity contribution in [2.75, 3.05) is 37.5 Å². The number of rotatable bonds is 10. The van der Waals surface area contributed by atoms with Gasteiger partial charge in [0.15, 0.2) is 0 Å². The molecule has 0 spiro atoms. The van der Waals surface area contributed by atoms with Gasteiger partial charge < -0.3 is 20.1 Å². The Bertz CT molecular complexity index is 711. The van der Waals surface area contributed by atoms with Crippen molar-refractivity contribution in [1.29, 1.82) is 0 Å². The third kappa shape index (κ3) is 5.01. The van der Waals surface area contributed by atoms with E-state index in [0.717, 1.165) is 0 Å². The van der Waals surface area contributed by atoms with E-state index in [1.54, 1.807) is 19.2 Å². The molecule has 0 aliphatic rings. The number of nitrogens with zero attached hydrogens (tertiary/aromatic N) is 3. The first-order valence-electron chi connectivity index (χ1n) is 7.88. The lowest BCUT2D eigenvalue weighted by Crippen LogP contribution is -2.10. The van der Waals surface area contributed by atoms with Crippen LogP contribution in [0.3, 0.4) is 0 Å². The molecule has 0 radical (unpaired) electrons. The monoisotopic (exact) mass is 347 g/mol. The highest BCUT2D eigenvalue weighted by Gasteiger charge is 2.23. The Labute approximate surface area is 145 Å².